The molecule has 2 heterocycles. The Morgan fingerprint density at radius 2 is 2.00 bits per heavy atom. The minimum Gasteiger partial charge on any atom is -0.496 e. The maximum absolute atomic E-state index is 13.6. The molecule has 1 unspecified atom stereocenters. The van der Waals surface area contributed by atoms with E-state index in [1.165, 1.54) is 13.4 Å². The zero-order chi connectivity index (χ0) is 29.4. The number of anilines is 1. The molecule has 0 aliphatic rings. The molecule has 0 amide bonds. The number of esters is 1. The van der Waals surface area contributed by atoms with Crippen LogP contribution in [0, 0.1) is 6.92 Å². The lowest BCUT2D eigenvalue weighted by Gasteiger charge is -2.19. The number of methoxy groups -OCH3 is 1. The van der Waals surface area contributed by atoms with E-state index in [-0.39, 0.29) is 50.6 Å². The number of fused-ring (bicyclic) bond motifs is 1. The van der Waals surface area contributed by atoms with Crippen molar-refractivity contribution in [3.63, 3.8) is 0 Å². The van der Waals surface area contributed by atoms with Crippen molar-refractivity contribution in [3.05, 3.63) is 74.7 Å². The Morgan fingerprint density at radius 1 is 1.17 bits per heavy atom. The highest BCUT2D eigenvalue weighted by Gasteiger charge is 2.26. The molecule has 0 aliphatic heterocycles. The summed E-state index contributed by atoms with van der Waals surface area (Å²) in [7, 11) is -2.28. The Morgan fingerprint density at radius 3 is 2.78 bits per heavy atom. The van der Waals surface area contributed by atoms with Crippen molar-refractivity contribution in [1.82, 2.24) is 19.5 Å². The molecule has 15 heteroatoms. The van der Waals surface area contributed by atoms with Crippen molar-refractivity contribution >= 4 is 46.6 Å². The molecular formula is C26H29BrN5O8P. The van der Waals surface area contributed by atoms with Gasteiger partial charge in [-0.05, 0) is 36.2 Å². The predicted octanol–water partition coefficient (Wildman–Crippen LogP) is 4.18. The zero-order valence-electron chi connectivity index (χ0n) is 22.4. The number of carbonyl (C=O) groups excluding carboxylic acids is 1. The van der Waals surface area contributed by atoms with Gasteiger partial charge in [-0.15, -0.1) is 0 Å². The summed E-state index contributed by atoms with van der Waals surface area (Å²) in [6, 6.07) is 12.3. The van der Waals surface area contributed by atoms with Crippen LogP contribution in [-0.4, -0.2) is 52.2 Å². The third-order valence-electron chi connectivity index (χ3n) is 5.74. The molecule has 0 spiro atoms. The predicted molar refractivity (Wildman–Crippen MR) is 154 cm³/mol. The van der Waals surface area contributed by atoms with E-state index >= 15 is 0 Å². The van der Waals surface area contributed by atoms with Crippen LogP contribution >= 0.6 is 23.5 Å². The standard InChI is InChI=1S/C26H29BrN5O8P/c1-17-6-7-20(13-21(17)36-2)40-22(33)8-10-38-41(35,39-14-18-4-3-5-19(27)12-18)16-37-11-9-32-15-29-23-24(32)30-26(28)31-25(23)34/h3-7,12-13,15H,8-11,14,16H2,1-2H3,(H3,28,30,31,34). The van der Waals surface area contributed by atoms with Gasteiger partial charge in [-0.3, -0.25) is 19.1 Å². The molecule has 41 heavy (non-hydrogen) atoms. The second kappa shape index (κ2) is 13.9. The van der Waals surface area contributed by atoms with Gasteiger partial charge in [0.2, 0.25) is 5.95 Å². The smallest absolute Gasteiger partial charge is 0.356 e. The molecule has 0 bridgehead atoms. The Hall–Kier alpha value is -3.55. The first-order valence-corrected chi connectivity index (χ1v) is 14.9. The number of nitrogens with two attached hydrogens (primary N) is 1. The topological polar surface area (TPSA) is 170 Å². The van der Waals surface area contributed by atoms with Crippen LogP contribution in [0.15, 0.2) is 58.1 Å². The van der Waals surface area contributed by atoms with Crippen LogP contribution in [0.25, 0.3) is 11.2 Å². The summed E-state index contributed by atoms with van der Waals surface area (Å²) in [6.07, 6.45) is 0.877. The Bertz CT molecular complexity index is 1630. The van der Waals surface area contributed by atoms with Crippen LogP contribution < -0.4 is 20.8 Å². The number of hydrogen-bond donors (Lipinski definition) is 2. The normalized spacial score (nSPS) is 12.8. The fourth-order valence-corrected chi connectivity index (χ4v) is 5.44. The van der Waals surface area contributed by atoms with Crippen molar-refractivity contribution in [2.45, 2.75) is 26.5 Å². The average molecular weight is 650 g/mol. The minimum absolute atomic E-state index is 0.00812. The van der Waals surface area contributed by atoms with Crippen LogP contribution in [0.5, 0.6) is 11.5 Å². The number of imidazole rings is 1. The summed E-state index contributed by atoms with van der Waals surface area (Å²) in [6.45, 7) is 1.96. The number of rotatable bonds is 14. The number of nitrogens with zero attached hydrogens (tertiary/aromatic N) is 3. The van der Waals surface area contributed by atoms with Gasteiger partial charge in [0, 0.05) is 17.1 Å². The fourth-order valence-electron chi connectivity index (χ4n) is 3.70. The van der Waals surface area contributed by atoms with Crippen molar-refractivity contribution in [2.24, 2.45) is 0 Å². The summed E-state index contributed by atoms with van der Waals surface area (Å²) in [5.41, 5.74) is 7.28. The SMILES string of the molecule is COc1cc(OC(=O)CCOP(=O)(COCCn2cnc3c(=O)[nH]c(N)nc32)OCc2cccc(Br)c2)ccc1C. The molecule has 13 nitrogen and oxygen atoms in total. The van der Waals surface area contributed by atoms with Crippen molar-refractivity contribution < 1.29 is 32.6 Å². The minimum atomic E-state index is -3.81. The highest BCUT2D eigenvalue weighted by Crippen LogP contribution is 2.49. The van der Waals surface area contributed by atoms with Crippen LogP contribution in [0.3, 0.4) is 0 Å². The van der Waals surface area contributed by atoms with Crippen LogP contribution in [-0.2, 0) is 36.3 Å². The van der Waals surface area contributed by atoms with E-state index in [9.17, 15) is 14.2 Å². The van der Waals surface area contributed by atoms with Crippen molar-refractivity contribution in [1.29, 1.82) is 0 Å². The third-order valence-corrected chi connectivity index (χ3v) is 7.83. The molecule has 0 saturated heterocycles. The van der Waals surface area contributed by atoms with Crippen molar-refractivity contribution in [3.8, 4) is 11.5 Å². The molecule has 218 valence electrons. The first-order chi connectivity index (χ1) is 19.7. The van der Waals surface area contributed by atoms with Gasteiger partial charge in [-0.1, -0.05) is 34.1 Å². The van der Waals surface area contributed by atoms with E-state index < -0.39 is 19.1 Å². The lowest BCUT2D eigenvalue weighted by atomic mass is 10.2. The number of aryl methyl sites for hydroxylation is 1. The summed E-state index contributed by atoms with van der Waals surface area (Å²) in [5.74, 6) is 0.289. The quantitative estimate of drug-likeness (QED) is 0.0869. The van der Waals surface area contributed by atoms with Crippen LogP contribution in [0.1, 0.15) is 17.5 Å². The summed E-state index contributed by atoms with van der Waals surface area (Å²) >= 11 is 3.39. The van der Waals surface area contributed by atoms with Gasteiger partial charge in [-0.2, -0.15) is 4.98 Å². The Labute approximate surface area is 243 Å². The second-order valence-electron chi connectivity index (χ2n) is 8.80. The van der Waals surface area contributed by atoms with E-state index in [0.29, 0.717) is 17.1 Å². The maximum atomic E-state index is 13.6. The average Bonchev–Trinajstić information content (AvgIpc) is 3.34. The summed E-state index contributed by atoms with van der Waals surface area (Å²) in [4.78, 5) is 34.9. The highest BCUT2D eigenvalue weighted by atomic mass is 79.9. The van der Waals surface area contributed by atoms with Gasteiger partial charge in [0.25, 0.3) is 5.56 Å². The fraction of sp³-hybridized carbons (Fsp3) is 0.308. The number of aromatic nitrogens is 4. The van der Waals surface area contributed by atoms with Gasteiger partial charge < -0.3 is 33.6 Å². The number of ether oxygens (including phenoxy) is 3. The van der Waals surface area contributed by atoms with E-state index in [1.54, 1.807) is 22.8 Å². The lowest BCUT2D eigenvalue weighted by Crippen LogP contribution is -2.14. The summed E-state index contributed by atoms with van der Waals surface area (Å²) in [5, 5.41) is 0. The lowest BCUT2D eigenvalue weighted by molar-refractivity contribution is -0.134. The summed E-state index contributed by atoms with van der Waals surface area (Å²) < 4.78 is 43.5. The zero-order valence-corrected chi connectivity index (χ0v) is 24.9. The molecular weight excluding hydrogens is 621 g/mol. The molecule has 0 fully saturated rings. The first kappa shape index (κ1) is 30.4. The molecule has 4 aromatic rings. The largest absolute Gasteiger partial charge is 0.496 e. The number of nitrogen functional groups attached to an aromatic ring is 1. The molecule has 3 N–H and O–H groups in total. The van der Waals surface area contributed by atoms with Crippen LogP contribution in [0.4, 0.5) is 5.95 Å². The van der Waals surface area contributed by atoms with Crippen molar-refractivity contribution in [2.75, 3.05) is 32.4 Å². The molecule has 0 aliphatic carbocycles. The highest BCUT2D eigenvalue weighted by molar-refractivity contribution is 9.10. The van der Waals surface area contributed by atoms with Gasteiger partial charge in [-0.25, -0.2) is 4.98 Å². The van der Waals surface area contributed by atoms with Crippen LogP contribution in [0.2, 0.25) is 0 Å². The number of halogens is 1. The number of hydrogen-bond acceptors (Lipinski definition) is 11. The van der Waals surface area contributed by atoms with Gasteiger partial charge in [0.05, 0.1) is 39.7 Å². The molecule has 2 aromatic carbocycles. The number of carbonyl (C=O) groups is 1. The number of benzene rings is 2. The molecule has 0 radical (unpaired) electrons. The molecule has 4 rings (SSSR count). The number of H-pyrrole nitrogens is 1. The third kappa shape index (κ3) is 8.47. The Kier molecular flexibility index (Phi) is 10.3. The Balaban J connectivity index is 1.34. The molecule has 2 aromatic heterocycles. The monoisotopic (exact) mass is 649 g/mol. The van der Waals surface area contributed by atoms with E-state index in [0.717, 1.165) is 15.6 Å². The van der Waals surface area contributed by atoms with E-state index in [1.807, 2.05) is 31.2 Å². The maximum Gasteiger partial charge on any atom is 0.356 e. The van der Waals surface area contributed by atoms with Gasteiger partial charge in [0.15, 0.2) is 11.2 Å². The molecule has 1 atom stereocenters. The van der Waals surface area contributed by atoms with Gasteiger partial charge in [0.1, 0.15) is 17.8 Å². The van der Waals surface area contributed by atoms with E-state index in [4.69, 9.17) is 29.0 Å². The van der Waals surface area contributed by atoms with E-state index in [2.05, 4.69) is 30.9 Å². The number of nitrogens with one attached hydrogen (secondary N) is 1. The molecule has 0 saturated carbocycles. The van der Waals surface area contributed by atoms with Gasteiger partial charge >= 0.3 is 13.6 Å². The first-order valence-electron chi connectivity index (χ1n) is 12.4. The number of aromatic amines is 1. The second-order valence-corrected chi connectivity index (χ2v) is 11.7.